The molecule has 0 heterocycles. The number of hydrogen-bond acceptors (Lipinski definition) is 1. The number of rotatable bonds is 7. The summed E-state index contributed by atoms with van der Waals surface area (Å²) in [5.74, 6) is 1.76. The van der Waals surface area contributed by atoms with Crippen molar-refractivity contribution in [3.8, 4) is 0 Å². The zero-order valence-electron chi connectivity index (χ0n) is 10.1. The summed E-state index contributed by atoms with van der Waals surface area (Å²) < 4.78 is 0. The van der Waals surface area contributed by atoms with Gasteiger partial charge in [-0.25, -0.2) is 0 Å². The smallest absolute Gasteiger partial charge is 0.000366 e. The second-order valence-electron chi connectivity index (χ2n) is 4.90. The van der Waals surface area contributed by atoms with E-state index in [1.165, 1.54) is 32.2 Å². The van der Waals surface area contributed by atoms with E-state index in [2.05, 4.69) is 39.8 Å². The maximum atomic E-state index is 2.33. The predicted molar refractivity (Wildman–Crippen MR) is 61.0 cm³/mol. The summed E-state index contributed by atoms with van der Waals surface area (Å²) in [6.07, 6.45) is 5.53. The summed E-state index contributed by atoms with van der Waals surface area (Å²) in [4.78, 5) is 2.32. The SMILES string of the molecule is CCCCC(CC(C)C)CN(C)C. The van der Waals surface area contributed by atoms with Gasteiger partial charge in [0.1, 0.15) is 0 Å². The van der Waals surface area contributed by atoms with Crippen molar-refractivity contribution in [3.05, 3.63) is 0 Å². The molecule has 0 aliphatic carbocycles. The fraction of sp³-hybridized carbons (Fsp3) is 1.00. The van der Waals surface area contributed by atoms with Crippen molar-refractivity contribution in [2.75, 3.05) is 20.6 Å². The molecule has 0 N–H and O–H groups in total. The third kappa shape index (κ3) is 8.29. The first-order valence-corrected chi connectivity index (χ1v) is 5.71. The van der Waals surface area contributed by atoms with Gasteiger partial charge in [-0.1, -0.05) is 33.6 Å². The second-order valence-corrected chi connectivity index (χ2v) is 4.90. The lowest BCUT2D eigenvalue weighted by Crippen LogP contribution is -2.22. The molecule has 0 saturated heterocycles. The Morgan fingerprint density at radius 2 is 1.77 bits per heavy atom. The van der Waals surface area contributed by atoms with Gasteiger partial charge in [0.05, 0.1) is 0 Å². The van der Waals surface area contributed by atoms with Crippen LogP contribution in [0.5, 0.6) is 0 Å². The van der Waals surface area contributed by atoms with E-state index in [1.54, 1.807) is 0 Å². The van der Waals surface area contributed by atoms with Crippen LogP contribution in [0.1, 0.15) is 46.5 Å². The highest BCUT2D eigenvalue weighted by Crippen LogP contribution is 2.18. The van der Waals surface area contributed by atoms with Gasteiger partial charge in [0.2, 0.25) is 0 Å². The van der Waals surface area contributed by atoms with Crippen LogP contribution in [0.4, 0.5) is 0 Å². The van der Waals surface area contributed by atoms with Crippen molar-refractivity contribution in [3.63, 3.8) is 0 Å². The van der Waals surface area contributed by atoms with Gasteiger partial charge in [-0.15, -0.1) is 0 Å². The Morgan fingerprint density at radius 3 is 2.15 bits per heavy atom. The van der Waals surface area contributed by atoms with E-state index >= 15 is 0 Å². The van der Waals surface area contributed by atoms with E-state index in [0.717, 1.165) is 11.8 Å². The highest BCUT2D eigenvalue weighted by molar-refractivity contribution is 4.64. The van der Waals surface area contributed by atoms with E-state index in [9.17, 15) is 0 Å². The monoisotopic (exact) mass is 185 g/mol. The number of hydrogen-bond donors (Lipinski definition) is 0. The van der Waals surface area contributed by atoms with Crippen LogP contribution in [-0.4, -0.2) is 25.5 Å². The molecule has 1 nitrogen and oxygen atoms in total. The first-order valence-electron chi connectivity index (χ1n) is 5.71. The minimum Gasteiger partial charge on any atom is -0.309 e. The van der Waals surface area contributed by atoms with E-state index in [4.69, 9.17) is 0 Å². The van der Waals surface area contributed by atoms with Gasteiger partial charge < -0.3 is 4.90 Å². The van der Waals surface area contributed by atoms with E-state index in [1.807, 2.05) is 0 Å². The minimum atomic E-state index is 0.849. The van der Waals surface area contributed by atoms with Crippen molar-refractivity contribution in [1.29, 1.82) is 0 Å². The molecule has 0 aromatic carbocycles. The number of nitrogens with zero attached hydrogens (tertiary/aromatic N) is 1. The van der Waals surface area contributed by atoms with Gasteiger partial charge in [0.15, 0.2) is 0 Å². The molecule has 0 aromatic heterocycles. The molecule has 0 bridgehead atoms. The van der Waals surface area contributed by atoms with Gasteiger partial charge in [-0.3, -0.25) is 0 Å². The number of unbranched alkanes of at least 4 members (excludes halogenated alkanes) is 1. The average Bonchev–Trinajstić information content (AvgIpc) is 1.98. The van der Waals surface area contributed by atoms with Crippen molar-refractivity contribution in [1.82, 2.24) is 4.90 Å². The lowest BCUT2D eigenvalue weighted by molar-refractivity contribution is 0.273. The largest absolute Gasteiger partial charge is 0.309 e. The third-order valence-corrected chi connectivity index (χ3v) is 2.39. The quantitative estimate of drug-likeness (QED) is 0.587. The van der Waals surface area contributed by atoms with Crippen molar-refractivity contribution < 1.29 is 0 Å². The van der Waals surface area contributed by atoms with Crippen LogP contribution in [0.3, 0.4) is 0 Å². The summed E-state index contributed by atoms with van der Waals surface area (Å²) in [5, 5.41) is 0. The molecule has 0 fully saturated rings. The van der Waals surface area contributed by atoms with Crippen molar-refractivity contribution in [2.24, 2.45) is 11.8 Å². The van der Waals surface area contributed by atoms with Crippen LogP contribution in [0, 0.1) is 11.8 Å². The minimum absolute atomic E-state index is 0.849. The Balaban J connectivity index is 3.73. The predicted octanol–water partition coefficient (Wildman–Crippen LogP) is 3.40. The Hall–Kier alpha value is -0.0400. The molecule has 0 radical (unpaired) electrons. The normalized spacial score (nSPS) is 14.1. The second kappa shape index (κ2) is 7.37. The van der Waals surface area contributed by atoms with Crippen molar-refractivity contribution in [2.45, 2.75) is 46.5 Å². The molecule has 0 rings (SSSR count). The van der Waals surface area contributed by atoms with Gasteiger partial charge in [-0.2, -0.15) is 0 Å². The molecule has 0 spiro atoms. The summed E-state index contributed by atoms with van der Waals surface area (Å²) in [7, 11) is 4.36. The zero-order chi connectivity index (χ0) is 10.3. The van der Waals surface area contributed by atoms with Gasteiger partial charge in [-0.05, 0) is 38.8 Å². The maximum Gasteiger partial charge on any atom is 0.000366 e. The molecule has 0 aliphatic heterocycles. The van der Waals surface area contributed by atoms with E-state index < -0.39 is 0 Å². The lowest BCUT2D eigenvalue weighted by atomic mass is 9.92. The molecule has 0 saturated carbocycles. The zero-order valence-corrected chi connectivity index (χ0v) is 10.1. The van der Waals surface area contributed by atoms with Gasteiger partial charge in [0.25, 0.3) is 0 Å². The lowest BCUT2D eigenvalue weighted by Gasteiger charge is -2.22. The van der Waals surface area contributed by atoms with E-state index in [0.29, 0.717) is 0 Å². The molecular formula is C12H27N. The Morgan fingerprint density at radius 1 is 1.15 bits per heavy atom. The summed E-state index contributed by atoms with van der Waals surface area (Å²) in [6, 6.07) is 0. The van der Waals surface area contributed by atoms with Crippen LogP contribution in [-0.2, 0) is 0 Å². The Kier molecular flexibility index (Phi) is 7.35. The Bertz CT molecular complexity index is 97.7. The average molecular weight is 185 g/mol. The van der Waals surface area contributed by atoms with Crippen molar-refractivity contribution >= 4 is 0 Å². The molecule has 0 aromatic rings. The highest BCUT2D eigenvalue weighted by atomic mass is 15.1. The maximum absolute atomic E-state index is 2.33. The topological polar surface area (TPSA) is 3.24 Å². The molecule has 0 aliphatic rings. The molecule has 1 atom stereocenters. The van der Waals surface area contributed by atoms with Crippen LogP contribution >= 0.6 is 0 Å². The first kappa shape index (κ1) is 13.0. The van der Waals surface area contributed by atoms with Crippen LogP contribution in [0.25, 0.3) is 0 Å². The molecule has 13 heavy (non-hydrogen) atoms. The fourth-order valence-electron chi connectivity index (χ4n) is 1.96. The molecule has 1 heteroatoms. The first-order chi connectivity index (χ1) is 6.06. The van der Waals surface area contributed by atoms with Gasteiger partial charge in [0, 0.05) is 6.54 Å². The summed E-state index contributed by atoms with van der Waals surface area (Å²) >= 11 is 0. The van der Waals surface area contributed by atoms with Crippen LogP contribution in [0.2, 0.25) is 0 Å². The highest BCUT2D eigenvalue weighted by Gasteiger charge is 2.10. The summed E-state index contributed by atoms with van der Waals surface area (Å²) in [6.45, 7) is 8.20. The fourth-order valence-corrected chi connectivity index (χ4v) is 1.96. The standard InChI is InChI=1S/C12H27N/c1-6-7-8-12(9-11(2)3)10-13(4)5/h11-12H,6-10H2,1-5H3. The van der Waals surface area contributed by atoms with Gasteiger partial charge >= 0.3 is 0 Å². The third-order valence-electron chi connectivity index (χ3n) is 2.39. The molecule has 0 amide bonds. The molecule has 1 unspecified atom stereocenters. The molecular weight excluding hydrogens is 158 g/mol. The van der Waals surface area contributed by atoms with Crippen LogP contribution < -0.4 is 0 Å². The Labute approximate surface area is 84.5 Å². The summed E-state index contributed by atoms with van der Waals surface area (Å²) in [5.41, 5.74) is 0. The van der Waals surface area contributed by atoms with E-state index in [-0.39, 0.29) is 0 Å². The molecule has 80 valence electrons. The van der Waals surface area contributed by atoms with Crippen LogP contribution in [0.15, 0.2) is 0 Å².